The quantitative estimate of drug-likeness (QED) is 0.144. The highest BCUT2D eigenvalue weighted by Crippen LogP contribution is 2.01. The van der Waals surface area contributed by atoms with Crippen molar-refractivity contribution < 1.29 is 0 Å². The number of hydrogen-bond acceptors (Lipinski definition) is 12. The number of nitrogen functional groups attached to an aromatic ring is 3. The zero-order valence-corrected chi connectivity index (χ0v) is 23.8. The van der Waals surface area contributed by atoms with Gasteiger partial charge in [-0.25, -0.2) is 15.0 Å². The van der Waals surface area contributed by atoms with Crippen LogP contribution < -0.4 is 49.8 Å². The molecule has 0 amide bonds. The number of unbranched alkanes of at least 4 members (excludes halogenated alkanes) is 4. The minimum absolute atomic E-state index is 0.129. The molecule has 3 aromatic heterocycles. The SMILES string of the molecule is CC(C)Nc1ncc(N)c(=O)[nH]1.CCCCCCNc1ncc(N)c(=O)[nH]1.CCCCNc1ncc(N)c(=O)[nH]1. The van der Waals surface area contributed by atoms with Crippen LogP contribution in [0.3, 0.4) is 0 Å². The first kappa shape index (κ1) is 33.5. The van der Waals surface area contributed by atoms with Crippen molar-refractivity contribution >= 4 is 34.9 Å². The number of nitrogens with one attached hydrogen (secondary N) is 6. The van der Waals surface area contributed by atoms with Crippen molar-refractivity contribution in [3.05, 3.63) is 49.7 Å². The second kappa shape index (κ2) is 18.7. The highest BCUT2D eigenvalue weighted by molar-refractivity contribution is 5.37. The Kier molecular flexibility index (Phi) is 15.6. The molecule has 15 nitrogen and oxygen atoms in total. The van der Waals surface area contributed by atoms with E-state index in [1.165, 1.54) is 37.9 Å². The van der Waals surface area contributed by atoms with Gasteiger partial charge in [0, 0.05) is 19.1 Å². The molecule has 15 heteroatoms. The smallest absolute Gasteiger partial charge is 0.275 e. The van der Waals surface area contributed by atoms with E-state index in [1.807, 2.05) is 13.8 Å². The van der Waals surface area contributed by atoms with Crippen LogP contribution in [0, 0.1) is 0 Å². The van der Waals surface area contributed by atoms with Crippen molar-refractivity contribution in [1.82, 2.24) is 29.9 Å². The van der Waals surface area contributed by atoms with Gasteiger partial charge in [-0.15, -0.1) is 0 Å². The van der Waals surface area contributed by atoms with Crippen molar-refractivity contribution in [3.63, 3.8) is 0 Å². The van der Waals surface area contributed by atoms with Crippen LogP contribution in [-0.2, 0) is 0 Å². The Morgan fingerprint density at radius 2 is 1.05 bits per heavy atom. The average Bonchev–Trinajstić information content (AvgIpc) is 2.91. The number of hydrogen-bond donors (Lipinski definition) is 9. The summed E-state index contributed by atoms with van der Waals surface area (Å²) < 4.78 is 0. The van der Waals surface area contributed by atoms with Gasteiger partial charge >= 0.3 is 0 Å². The summed E-state index contributed by atoms with van der Waals surface area (Å²) >= 11 is 0. The first-order valence-corrected chi connectivity index (χ1v) is 13.4. The zero-order chi connectivity index (χ0) is 29.9. The molecule has 0 unspecified atom stereocenters. The lowest BCUT2D eigenvalue weighted by Gasteiger charge is -2.07. The molecule has 0 spiro atoms. The van der Waals surface area contributed by atoms with E-state index in [9.17, 15) is 14.4 Å². The molecule has 0 bridgehead atoms. The number of nitrogens with zero attached hydrogens (tertiary/aromatic N) is 3. The van der Waals surface area contributed by atoms with Crippen molar-refractivity contribution in [2.24, 2.45) is 0 Å². The maximum Gasteiger partial charge on any atom is 0.275 e. The van der Waals surface area contributed by atoms with Gasteiger partial charge in [0.2, 0.25) is 17.8 Å². The summed E-state index contributed by atoms with van der Waals surface area (Å²) in [7, 11) is 0. The Hall–Kier alpha value is -4.56. The molecule has 222 valence electrons. The average molecular weight is 561 g/mol. The van der Waals surface area contributed by atoms with E-state index in [1.54, 1.807) is 0 Å². The fourth-order valence-corrected chi connectivity index (χ4v) is 2.88. The van der Waals surface area contributed by atoms with Gasteiger partial charge in [0.05, 0.1) is 18.6 Å². The van der Waals surface area contributed by atoms with Crippen LogP contribution in [-0.4, -0.2) is 49.0 Å². The van der Waals surface area contributed by atoms with Gasteiger partial charge in [-0.1, -0.05) is 39.5 Å². The highest BCUT2D eigenvalue weighted by atomic mass is 16.1. The Morgan fingerprint density at radius 1 is 0.650 bits per heavy atom. The van der Waals surface area contributed by atoms with Crippen LogP contribution in [0.1, 0.15) is 66.2 Å². The van der Waals surface area contributed by atoms with Gasteiger partial charge in [0.1, 0.15) is 17.1 Å². The highest BCUT2D eigenvalue weighted by Gasteiger charge is 2.00. The van der Waals surface area contributed by atoms with Crippen LogP contribution >= 0.6 is 0 Å². The normalized spacial score (nSPS) is 10.1. The van der Waals surface area contributed by atoms with Gasteiger partial charge < -0.3 is 33.2 Å². The van der Waals surface area contributed by atoms with Gasteiger partial charge in [-0.05, 0) is 26.7 Å². The van der Waals surface area contributed by atoms with E-state index in [0.29, 0.717) is 17.8 Å². The van der Waals surface area contributed by atoms with E-state index < -0.39 is 0 Å². The van der Waals surface area contributed by atoms with E-state index in [4.69, 9.17) is 17.2 Å². The number of H-pyrrole nitrogens is 3. The van der Waals surface area contributed by atoms with E-state index >= 15 is 0 Å². The molecule has 40 heavy (non-hydrogen) atoms. The molecule has 3 rings (SSSR count). The summed E-state index contributed by atoms with van der Waals surface area (Å²) in [5.74, 6) is 1.42. The molecule has 3 heterocycles. The third-order valence-electron chi connectivity index (χ3n) is 5.05. The molecular weight excluding hydrogens is 516 g/mol. The fraction of sp³-hybridized carbons (Fsp3) is 0.520. The van der Waals surface area contributed by atoms with Crippen LogP contribution in [0.15, 0.2) is 33.0 Å². The summed E-state index contributed by atoms with van der Waals surface area (Å²) in [6.07, 6.45) is 11.0. The minimum atomic E-state index is -0.312. The molecule has 0 saturated carbocycles. The summed E-state index contributed by atoms with van der Waals surface area (Å²) in [5, 5.41) is 8.99. The lowest BCUT2D eigenvalue weighted by molar-refractivity contribution is 0.683. The monoisotopic (exact) mass is 560 g/mol. The Morgan fingerprint density at radius 3 is 1.45 bits per heavy atom. The summed E-state index contributed by atoms with van der Waals surface area (Å²) in [4.78, 5) is 52.5. The molecule has 3 aromatic rings. The number of aromatic nitrogens is 6. The standard InChI is InChI=1S/C10H18N4O.C8H14N4O.C7H12N4O/c1-2-3-4-5-6-12-10-13-7-8(11)9(15)14-10;1-2-3-4-10-8-11-5-6(9)7(13)12-8;1-4(2)10-7-9-3-5(8)6(12)11-7/h7H,2-6,11H2,1H3,(H2,12,13,14,15);5H,2-4,9H2,1H3,(H2,10,11,12,13);3-4H,8H2,1-2H3,(H2,9,10,11,12). The van der Waals surface area contributed by atoms with E-state index in [2.05, 4.69) is 59.7 Å². The molecule has 0 radical (unpaired) electrons. The van der Waals surface area contributed by atoms with Crippen molar-refractivity contribution in [2.45, 2.75) is 72.3 Å². The van der Waals surface area contributed by atoms with Gasteiger partial charge in [0.15, 0.2) is 0 Å². The van der Waals surface area contributed by atoms with E-state index in [0.717, 1.165) is 32.4 Å². The number of rotatable bonds is 12. The van der Waals surface area contributed by atoms with Gasteiger partial charge in [0.25, 0.3) is 16.7 Å². The third-order valence-corrected chi connectivity index (χ3v) is 5.05. The fourth-order valence-electron chi connectivity index (χ4n) is 2.88. The number of anilines is 6. The molecule has 0 atom stereocenters. The summed E-state index contributed by atoms with van der Waals surface area (Å²) in [6, 6.07) is 0.233. The number of nitrogens with two attached hydrogens (primary N) is 3. The van der Waals surface area contributed by atoms with Gasteiger partial charge in [-0.3, -0.25) is 29.3 Å². The molecule has 12 N–H and O–H groups in total. The Balaban J connectivity index is 0.000000302. The van der Waals surface area contributed by atoms with Crippen molar-refractivity contribution in [1.29, 1.82) is 0 Å². The second-order valence-electron chi connectivity index (χ2n) is 9.12. The summed E-state index contributed by atoms with van der Waals surface area (Å²) in [6.45, 7) is 9.82. The van der Waals surface area contributed by atoms with E-state index in [-0.39, 0.29) is 39.8 Å². The number of aromatic amines is 3. The predicted molar refractivity (Wildman–Crippen MR) is 163 cm³/mol. The summed E-state index contributed by atoms with van der Waals surface area (Å²) in [5.41, 5.74) is 15.5. The molecular formula is C25H44N12O3. The second-order valence-corrected chi connectivity index (χ2v) is 9.12. The minimum Gasteiger partial charge on any atom is -0.393 e. The van der Waals surface area contributed by atoms with Crippen LogP contribution in [0.4, 0.5) is 34.9 Å². The van der Waals surface area contributed by atoms with Crippen LogP contribution in [0.2, 0.25) is 0 Å². The van der Waals surface area contributed by atoms with Crippen molar-refractivity contribution in [3.8, 4) is 0 Å². The maximum absolute atomic E-state index is 11.1. The van der Waals surface area contributed by atoms with Gasteiger partial charge in [-0.2, -0.15) is 0 Å². The third kappa shape index (κ3) is 13.8. The molecule has 0 aliphatic rings. The van der Waals surface area contributed by atoms with Crippen LogP contribution in [0.25, 0.3) is 0 Å². The molecule has 0 saturated heterocycles. The maximum atomic E-state index is 11.1. The largest absolute Gasteiger partial charge is 0.393 e. The lowest BCUT2D eigenvalue weighted by atomic mass is 10.2. The molecule has 0 aliphatic heterocycles. The zero-order valence-electron chi connectivity index (χ0n) is 23.8. The lowest BCUT2D eigenvalue weighted by Crippen LogP contribution is -2.19. The van der Waals surface area contributed by atoms with Crippen molar-refractivity contribution in [2.75, 3.05) is 46.2 Å². The molecule has 0 aliphatic carbocycles. The first-order valence-electron chi connectivity index (χ1n) is 13.4. The Bertz CT molecular complexity index is 1300. The first-order chi connectivity index (χ1) is 19.1. The predicted octanol–water partition coefficient (Wildman–Crippen LogP) is 2.08. The molecule has 0 fully saturated rings. The van der Waals surface area contributed by atoms with Crippen LogP contribution in [0.5, 0.6) is 0 Å². The Labute approximate surface area is 233 Å². The topological polar surface area (TPSA) is 251 Å². The molecule has 0 aromatic carbocycles.